The number of allylic oxidation sites excluding steroid dienone is 4. The minimum Gasteiger partial charge on any atom is -1.00 e. The van der Waals surface area contributed by atoms with Gasteiger partial charge in [-0.05, 0) is 0 Å². The fourth-order valence-corrected chi connectivity index (χ4v) is 33.5. The van der Waals surface area contributed by atoms with Crippen LogP contribution in [0.1, 0.15) is 56.2 Å². The first-order valence-electron chi connectivity index (χ1n) is 11.4. The molecule has 4 heteroatoms. The molecular weight excluding hydrogens is 527 g/mol. The van der Waals surface area contributed by atoms with Crippen LogP contribution in [-0.4, -0.2) is 5.92 Å². The molecule has 0 radical (unpaired) electrons. The largest absolute Gasteiger partial charge is 1.00 e. The van der Waals surface area contributed by atoms with Crippen LogP contribution in [0.3, 0.4) is 0 Å². The minimum absolute atomic E-state index is 0. The Morgan fingerprint density at radius 3 is 1.53 bits per heavy atom. The van der Waals surface area contributed by atoms with Crippen molar-refractivity contribution in [3.63, 3.8) is 0 Å². The third kappa shape index (κ3) is 5.10. The smallest absolute Gasteiger partial charge is 1.00 e. The van der Waals surface area contributed by atoms with Gasteiger partial charge in [0, 0.05) is 0 Å². The molecule has 0 nitrogen and oxygen atoms in total. The summed E-state index contributed by atoms with van der Waals surface area (Å²) in [5, 5.41) is 0. The van der Waals surface area contributed by atoms with E-state index in [1.165, 1.54) is 36.1 Å². The van der Waals surface area contributed by atoms with Crippen molar-refractivity contribution in [2.75, 3.05) is 0 Å². The Bertz CT molecular complexity index is 930. The molecule has 0 aromatic heterocycles. The summed E-state index contributed by atoms with van der Waals surface area (Å²) in [6.07, 6.45) is 11.9. The summed E-state index contributed by atoms with van der Waals surface area (Å²) in [7, 11) is 0. The Morgan fingerprint density at radius 2 is 1.16 bits per heavy atom. The molecular formula is C28H33Cl2SiZr. The molecule has 2 aromatic rings. The predicted octanol–water partition coefficient (Wildman–Crippen LogP) is 1.81. The van der Waals surface area contributed by atoms with Crippen LogP contribution in [0, 0.1) is 0 Å². The normalized spacial score (nSPS) is 18.0. The Morgan fingerprint density at radius 1 is 0.750 bits per heavy atom. The van der Waals surface area contributed by atoms with Crippen LogP contribution in [-0.2, 0) is 20.9 Å². The van der Waals surface area contributed by atoms with Gasteiger partial charge in [0.15, 0.2) is 0 Å². The van der Waals surface area contributed by atoms with Crippen LogP contribution in [0.25, 0.3) is 12.2 Å². The summed E-state index contributed by atoms with van der Waals surface area (Å²) >= 11 is -2.04. The average Bonchev–Trinajstić information content (AvgIpc) is 3.33. The average molecular weight is 560 g/mol. The van der Waals surface area contributed by atoms with Crippen molar-refractivity contribution >= 4 is 18.1 Å². The number of hydrogen-bond donors (Lipinski definition) is 0. The zero-order valence-electron chi connectivity index (χ0n) is 19.2. The predicted molar refractivity (Wildman–Crippen MR) is 132 cm³/mol. The van der Waals surface area contributed by atoms with Crippen molar-refractivity contribution in [1.82, 2.24) is 0 Å². The second kappa shape index (κ2) is 12.5. The fourth-order valence-electron chi connectivity index (χ4n) is 5.58. The molecule has 0 amide bonds. The fraction of sp³-hybridized carbons (Fsp3) is 0.286. The molecule has 0 heterocycles. The van der Waals surface area contributed by atoms with Crippen LogP contribution in [0.2, 0.25) is 12.1 Å². The molecule has 2 aromatic carbocycles. The zero-order chi connectivity index (χ0) is 21.1. The van der Waals surface area contributed by atoms with E-state index in [2.05, 4.69) is 99.8 Å². The van der Waals surface area contributed by atoms with E-state index in [0.29, 0.717) is 0 Å². The maximum Gasteiger partial charge on any atom is -1.00 e. The summed E-state index contributed by atoms with van der Waals surface area (Å²) in [6, 6.07) is 21.0. The van der Waals surface area contributed by atoms with Crippen LogP contribution in [0.15, 0.2) is 85.0 Å². The summed E-state index contributed by atoms with van der Waals surface area (Å²) in [6.45, 7) is 13.1. The molecule has 4 rings (SSSR count). The molecule has 32 heavy (non-hydrogen) atoms. The molecule has 0 saturated carbocycles. The number of fused-ring (bicyclic) bond motifs is 2. The second-order valence-electron chi connectivity index (χ2n) is 8.52. The first kappa shape index (κ1) is 27.3. The van der Waals surface area contributed by atoms with Gasteiger partial charge in [-0.15, -0.1) is 0 Å². The minimum atomic E-state index is -2.04. The second-order valence-corrected chi connectivity index (χ2v) is 26.1. The van der Waals surface area contributed by atoms with Gasteiger partial charge in [0.25, 0.3) is 0 Å². The van der Waals surface area contributed by atoms with Gasteiger partial charge in [0.05, 0.1) is 0 Å². The van der Waals surface area contributed by atoms with Crippen LogP contribution in [0.5, 0.6) is 0 Å². The molecule has 2 aliphatic rings. The van der Waals surface area contributed by atoms with Crippen LogP contribution >= 0.6 is 0 Å². The van der Waals surface area contributed by atoms with Crippen molar-refractivity contribution in [3.05, 3.63) is 107 Å². The van der Waals surface area contributed by atoms with Gasteiger partial charge in [-0.1, -0.05) is 0 Å². The van der Waals surface area contributed by atoms with Crippen molar-refractivity contribution in [1.29, 1.82) is 0 Å². The van der Waals surface area contributed by atoms with Crippen molar-refractivity contribution in [2.45, 2.75) is 46.0 Å². The Balaban J connectivity index is 0.00000181. The number of halogens is 2. The number of benzene rings is 2. The van der Waals surface area contributed by atoms with Crippen LogP contribution < -0.4 is 24.8 Å². The van der Waals surface area contributed by atoms with E-state index >= 15 is 0 Å². The maximum absolute atomic E-state index is 4.19. The van der Waals surface area contributed by atoms with E-state index in [0.717, 1.165) is 7.25 Å². The van der Waals surface area contributed by atoms with Gasteiger partial charge in [-0.2, -0.15) is 0 Å². The molecule has 0 saturated heterocycles. The molecule has 0 bridgehead atoms. The molecule has 0 spiro atoms. The number of rotatable bonds is 9. The Labute approximate surface area is 215 Å². The topological polar surface area (TPSA) is 0 Å². The Kier molecular flexibility index (Phi) is 10.7. The van der Waals surface area contributed by atoms with E-state index < -0.39 is 26.8 Å². The van der Waals surface area contributed by atoms with E-state index in [1.54, 1.807) is 22.3 Å². The summed E-state index contributed by atoms with van der Waals surface area (Å²) < 4.78 is 1.44. The molecule has 0 aliphatic heterocycles. The van der Waals surface area contributed by atoms with E-state index in [-0.39, 0.29) is 24.8 Å². The first-order valence-corrected chi connectivity index (χ1v) is 20.7. The number of hydrogen-bond acceptors (Lipinski definition) is 0. The van der Waals surface area contributed by atoms with Crippen molar-refractivity contribution in [2.24, 2.45) is 0 Å². The molecule has 167 valence electrons. The maximum atomic E-state index is 4.19. The molecule has 2 unspecified atom stereocenters. The third-order valence-corrected chi connectivity index (χ3v) is 30.6. The van der Waals surface area contributed by atoms with Gasteiger partial charge in [0.2, 0.25) is 0 Å². The van der Waals surface area contributed by atoms with Gasteiger partial charge in [-0.25, -0.2) is 0 Å². The van der Waals surface area contributed by atoms with Gasteiger partial charge >= 0.3 is 192 Å². The van der Waals surface area contributed by atoms with Crippen molar-refractivity contribution < 1.29 is 45.7 Å². The van der Waals surface area contributed by atoms with Crippen LogP contribution in [0.4, 0.5) is 0 Å². The zero-order valence-corrected chi connectivity index (χ0v) is 24.3. The monoisotopic (exact) mass is 557 g/mol. The third-order valence-electron chi connectivity index (χ3n) is 6.89. The Hall–Kier alpha value is -0.920. The SMILES string of the molecule is C=CC[SiH](CC=C)[Zr+2]([CH]1C(CC)=Cc2ccccc21)[CH]1C(CC)=Cc2ccccc21.[Cl-].[Cl-]. The first-order chi connectivity index (χ1) is 14.7. The van der Waals surface area contributed by atoms with Gasteiger partial charge in [0.1, 0.15) is 0 Å². The molecule has 2 atom stereocenters. The molecule has 2 aliphatic carbocycles. The summed E-state index contributed by atoms with van der Waals surface area (Å²) in [5.41, 5.74) is 9.64. The van der Waals surface area contributed by atoms with E-state index in [1.807, 2.05) is 0 Å². The van der Waals surface area contributed by atoms with E-state index in [9.17, 15) is 0 Å². The summed E-state index contributed by atoms with van der Waals surface area (Å²) in [5.74, 6) is -0.999. The molecule has 0 N–H and O–H groups in total. The standard InChI is InChI=1S/2C11H11.C6H11Si.2ClH.Zr/c2*1-2-9-7-10-5-3-4-6-11(10)8-9;1-3-5-7-6-4-2;;;/h2*3-8H,2H2,1H3;3-4,7H,1-2,5-6H2;2*1H;/q;;;;;+2/p-2. The quantitative estimate of drug-likeness (QED) is 0.325. The van der Waals surface area contributed by atoms with E-state index in [4.69, 9.17) is 0 Å². The summed E-state index contributed by atoms with van der Waals surface area (Å²) in [4.78, 5) is 0. The van der Waals surface area contributed by atoms with Crippen molar-refractivity contribution in [3.8, 4) is 0 Å². The molecule has 0 fully saturated rings. The van der Waals surface area contributed by atoms with Gasteiger partial charge < -0.3 is 24.8 Å². The van der Waals surface area contributed by atoms with Gasteiger partial charge in [-0.3, -0.25) is 0 Å².